The largest absolute Gasteiger partial charge is 0.481 e. The molecule has 0 saturated carbocycles. The van der Waals surface area contributed by atoms with Crippen LogP contribution in [0.25, 0.3) is 4.85 Å². The number of aliphatic carboxylic acids is 1. The van der Waals surface area contributed by atoms with Crippen LogP contribution in [0.15, 0.2) is 28.4 Å². The summed E-state index contributed by atoms with van der Waals surface area (Å²) in [7, 11) is 0. The highest BCUT2D eigenvalue weighted by Gasteiger charge is 2.16. The van der Waals surface area contributed by atoms with Gasteiger partial charge in [-0.25, -0.2) is 4.85 Å². The molecule has 0 radical (unpaired) electrons. The van der Waals surface area contributed by atoms with Crippen LogP contribution in [0.4, 0.5) is 22.1 Å². The Hall–Kier alpha value is -3.80. The van der Waals surface area contributed by atoms with Crippen molar-refractivity contribution in [2.75, 3.05) is 31.3 Å². The van der Waals surface area contributed by atoms with Crippen molar-refractivity contribution in [1.29, 1.82) is 5.26 Å². The third-order valence-corrected chi connectivity index (χ3v) is 6.27. The third kappa shape index (κ3) is 8.15. The minimum atomic E-state index is -1.04. The van der Waals surface area contributed by atoms with Crippen LogP contribution in [0.2, 0.25) is 0 Å². The minimum Gasteiger partial charge on any atom is -0.481 e. The molecular formula is C25H29N5O5S. The summed E-state index contributed by atoms with van der Waals surface area (Å²) in [6.07, 6.45) is -0.402. The quantitative estimate of drug-likeness (QED) is 0.155. The maximum absolute atomic E-state index is 11.4. The van der Waals surface area contributed by atoms with Gasteiger partial charge in [-0.05, 0) is 57.0 Å². The number of hydrogen-bond acceptors (Lipinski definition) is 9. The first-order valence-electron chi connectivity index (χ1n) is 11.3. The lowest BCUT2D eigenvalue weighted by molar-refractivity contribution is -0.148. The van der Waals surface area contributed by atoms with Gasteiger partial charge in [-0.3, -0.25) is 9.59 Å². The van der Waals surface area contributed by atoms with Gasteiger partial charge >= 0.3 is 11.9 Å². The average Bonchev–Trinajstić information content (AvgIpc) is 3.15. The maximum Gasteiger partial charge on any atom is 0.306 e. The number of nitrogens with zero attached hydrogens (tertiary/aromatic N) is 5. The number of anilines is 1. The second-order valence-electron chi connectivity index (χ2n) is 8.12. The number of carbonyl (C=O) groups is 2. The second kappa shape index (κ2) is 13.9. The third-order valence-electron chi connectivity index (χ3n) is 5.20. The van der Waals surface area contributed by atoms with Crippen molar-refractivity contribution in [3.8, 4) is 6.07 Å². The summed E-state index contributed by atoms with van der Waals surface area (Å²) in [4.78, 5) is 28.0. The molecule has 0 amide bonds. The number of carbonyl (C=O) groups excluding carboxylic acids is 1. The molecule has 1 aromatic carbocycles. The summed E-state index contributed by atoms with van der Waals surface area (Å²) in [6.45, 7) is 16.5. The van der Waals surface area contributed by atoms with Crippen LogP contribution in [0.5, 0.6) is 0 Å². The molecule has 2 rings (SSSR count). The molecule has 0 spiro atoms. The first-order valence-corrected chi connectivity index (χ1v) is 12.1. The molecule has 10 nitrogen and oxygen atoms in total. The number of nitriles is 1. The number of benzene rings is 1. The summed E-state index contributed by atoms with van der Waals surface area (Å²) in [6, 6.07) is 8.11. The number of hydrogen-bond donors (Lipinski definition) is 1. The summed E-state index contributed by atoms with van der Waals surface area (Å²) in [5.74, 6) is -1.59. The Morgan fingerprint density at radius 1 is 1.22 bits per heavy atom. The van der Waals surface area contributed by atoms with E-state index in [0.29, 0.717) is 40.0 Å². The Morgan fingerprint density at radius 3 is 2.58 bits per heavy atom. The fourth-order valence-corrected chi connectivity index (χ4v) is 4.14. The van der Waals surface area contributed by atoms with E-state index in [1.807, 2.05) is 25.1 Å². The molecule has 0 aliphatic heterocycles. The fraction of sp³-hybridized carbons (Fsp3) is 0.440. The van der Waals surface area contributed by atoms with E-state index < -0.39 is 11.9 Å². The zero-order valence-electron chi connectivity index (χ0n) is 20.8. The lowest BCUT2D eigenvalue weighted by atomic mass is 10.1. The minimum absolute atomic E-state index is 0.0772. The summed E-state index contributed by atoms with van der Waals surface area (Å²) in [5.41, 5.74) is 3.56. The molecule has 190 valence electrons. The predicted molar refractivity (Wildman–Crippen MR) is 137 cm³/mol. The van der Waals surface area contributed by atoms with Crippen LogP contribution < -0.4 is 4.90 Å². The zero-order chi connectivity index (χ0) is 26.7. The zero-order valence-corrected chi connectivity index (χ0v) is 21.6. The predicted octanol–water partition coefficient (Wildman–Crippen LogP) is 5.84. The van der Waals surface area contributed by atoms with Crippen LogP contribution in [-0.4, -0.2) is 49.5 Å². The highest BCUT2D eigenvalue weighted by atomic mass is 32.1. The highest BCUT2D eigenvalue weighted by Crippen LogP contribution is 2.42. The molecule has 0 unspecified atom stereocenters. The average molecular weight is 512 g/mol. The normalized spacial score (nSPS) is 10.9. The van der Waals surface area contributed by atoms with Crippen molar-refractivity contribution in [3.63, 3.8) is 0 Å². The van der Waals surface area contributed by atoms with E-state index in [9.17, 15) is 14.9 Å². The van der Waals surface area contributed by atoms with Crippen LogP contribution >= 0.6 is 11.3 Å². The van der Waals surface area contributed by atoms with Gasteiger partial charge in [-0.2, -0.15) is 15.5 Å². The molecular weight excluding hydrogens is 482 g/mol. The molecule has 1 aromatic heterocycles. The van der Waals surface area contributed by atoms with Gasteiger partial charge in [-0.15, -0.1) is 11.3 Å². The highest BCUT2D eigenvalue weighted by molar-refractivity contribution is 7.17. The number of thiophene rings is 1. The van der Waals surface area contributed by atoms with Crippen molar-refractivity contribution >= 4 is 45.3 Å². The van der Waals surface area contributed by atoms with Crippen LogP contribution in [0, 0.1) is 31.8 Å². The van der Waals surface area contributed by atoms with Crippen molar-refractivity contribution < 1.29 is 24.2 Å². The molecule has 1 heterocycles. The molecule has 0 saturated heterocycles. The number of esters is 1. The molecule has 0 atom stereocenters. The van der Waals surface area contributed by atoms with E-state index in [2.05, 4.69) is 39.9 Å². The SMILES string of the molecule is [C-]#[N+]c1c(N=Nc2ccc(N(CCOCCOC(=O)CCC(=O)O)C(C)C)cc2C)sc(C#N)c1C. The van der Waals surface area contributed by atoms with E-state index in [1.54, 1.807) is 6.92 Å². The van der Waals surface area contributed by atoms with Gasteiger partial charge in [0.1, 0.15) is 17.7 Å². The number of aryl methyl sites for hydroxylation is 1. The van der Waals surface area contributed by atoms with Gasteiger partial charge in [0.25, 0.3) is 0 Å². The molecule has 0 aliphatic carbocycles. The van der Waals surface area contributed by atoms with Gasteiger partial charge in [0, 0.05) is 18.3 Å². The van der Waals surface area contributed by atoms with E-state index in [1.165, 1.54) is 0 Å². The van der Waals surface area contributed by atoms with Crippen LogP contribution in [-0.2, 0) is 19.1 Å². The van der Waals surface area contributed by atoms with Crippen LogP contribution in [0.3, 0.4) is 0 Å². The molecule has 2 aromatic rings. The molecule has 36 heavy (non-hydrogen) atoms. The molecule has 0 bridgehead atoms. The smallest absolute Gasteiger partial charge is 0.306 e. The lowest BCUT2D eigenvalue weighted by Gasteiger charge is -2.29. The van der Waals surface area contributed by atoms with Crippen molar-refractivity contribution in [2.45, 2.75) is 46.6 Å². The Balaban J connectivity index is 1.95. The number of carboxylic acids is 1. The standard InChI is InChI=1S/C25H29N5O5S/c1-16(2)30(10-11-34-12-13-35-23(33)9-8-22(31)32)19-6-7-20(17(3)14-19)28-29-25-24(27-5)18(4)21(15-26)36-25/h6-7,14,16H,8-13H2,1-4H3,(H,31,32). The van der Waals surface area contributed by atoms with E-state index >= 15 is 0 Å². The molecule has 0 aliphatic rings. The Labute approximate surface area is 214 Å². The Kier molecular flexibility index (Phi) is 11.0. The van der Waals surface area contributed by atoms with Gasteiger partial charge in [-0.1, -0.05) is 0 Å². The lowest BCUT2D eigenvalue weighted by Crippen LogP contribution is -2.34. The number of ether oxygens (including phenoxy) is 2. The summed E-state index contributed by atoms with van der Waals surface area (Å²) >= 11 is 1.16. The topological polar surface area (TPSA) is 129 Å². The maximum atomic E-state index is 11.4. The fourth-order valence-electron chi connectivity index (χ4n) is 3.27. The van der Waals surface area contributed by atoms with Crippen molar-refractivity contribution in [1.82, 2.24) is 0 Å². The second-order valence-corrected chi connectivity index (χ2v) is 9.12. The van der Waals surface area contributed by atoms with E-state index in [4.69, 9.17) is 21.2 Å². The van der Waals surface area contributed by atoms with Crippen molar-refractivity contribution in [2.24, 2.45) is 10.2 Å². The first kappa shape index (κ1) is 28.4. The van der Waals surface area contributed by atoms with E-state index in [0.717, 1.165) is 22.6 Å². The molecule has 0 fully saturated rings. The van der Waals surface area contributed by atoms with E-state index in [-0.39, 0.29) is 32.1 Å². The number of rotatable bonds is 13. The molecule has 11 heteroatoms. The Bertz CT molecular complexity index is 1190. The van der Waals surface area contributed by atoms with Gasteiger partial charge < -0.3 is 19.5 Å². The van der Waals surface area contributed by atoms with Crippen molar-refractivity contribution in [3.05, 3.63) is 45.6 Å². The number of carboxylic acid groups (broad SMARTS) is 1. The van der Waals surface area contributed by atoms with Gasteiger partial charge in [0.2, 0.25) is 5.69 Å². The monoisotopic (exact) mass is 511 g/mol. The summed E-state index contributed by atoms with van der Waals surface area (Å²) in [5, 5.41) is 26.8. The number of azo groups is 1. The Morgan fingerprint density at radius 2 is 1.97 bits per heavy atom. The summed E-state index contributed by atoms with van der Waals surface area (Å²) < 4.78 is 10.5. The van der Waals surface area contributed by atoms with Gasteiger partial charge in [0.15, 0.2) is 0 Å². The first-order chi connectivity index (χ1) is 17.2. The van der Waals surface area contributed by atoms with Crippen LogP contribution in [0.1, 0.15) is 42.7 Å². The van der Waals surface area contributed by atoms with Gasteiger partial charge in [0.05, 0.1) is 43.2 Å². The molecule has 1 N–H and O–H groups in total.